The Morgan fingerprint density at radius 3 is 2.07 bits per heavy atom. The van der Waals surface area contributed by atoms with Gasteiger partial charge in [0.05, 0.1) is 0 Å². The molecule has 0 aliphatic carbocycles. The van der Waals surface area contributed by atoms with Gasteiger partial charge in [-0.15, -0.1) is 10.2 Å². The van der Waals surface area contributed by atoms with Crippen molar-refractivity contribution in [2.75, 3.05) is 5.73 Å². The highest BCUT2D eigenvalue weighted by atomic mass is 35.5. The summed E-state index contributed by atoms with van der Waals surface area (Å²) in [6.45, 7) is 0. The predicted octanol–water partition coefficient (Wildman–Crippen LogP) is 1.35. The molecule has 0 unspecified atom stereocenters. The first-order valence-corrected chi connectivity index (χ1v) is 3.66. The van der Waals surface area contributed by atoms with Gasteiger partial charge < -0.3 is 10.8 Å². The van der Waals surface area contributed by atoms with Crippen molar-refractivity contribution in [3.8, 4) is 0 Å². The van der Waals surface area contributed by atoms with E-state index < -0.39 is 12.1 Å². The quantitative estimate of drug-likeness (QED) is 0.718. The molecule has 0 spiro atoms. The minimum atomic E-state index is -5.08. The highest BCUT2D eigenvalue weighted by Gasteiger charge is 2.38. The number of nitrogen functional groups attached to an aromatic ring is 1. The van der Waals surface area contributed by atoms with E-state index in [0.29, 0.717) is 11.0 Å². The largest absolute Gasteiger partial charge is 0.490 e. The van der Waals surface area contributed by atoms with Gasteiger partial charge in [0.15, 0.2) is 5.15 Å². The van der Waals surface area contributed by atoms with E-state index >= 15 is 0 Å². The van der Waals surface area contributed by atoms with Crippen LogP contribution in [-0.2, 0) is 4.79 Å². The SMILES string of the molecule is Nc1ccc(Cl)nn1.O=C(O)C(F)(F)F. The van der Waals surface area contributed by atoms with Gasteiger partial charge in [0.1, 0.15) is 5.82 Å². The number of alkyl halides is 3. The average Bonchev–Trinajstić information content (AvgIpc) is 2.09. The molecule has 0 aromatic carbocycles. The fraction of sp³-hybridized carbons (Fsp3) is 0.167. The van der Waals surface area contributed by atoms with Crippen LogP contribution >= 0.6 is 11.6 Å². The summed E-state index contributed by atoms with van der Waals surface area (Å²) in [5, 5.41) is 14.4. The Bertz CT molecular complexity index is 306. The molecule has 3 N–H and O–H groups in total. The number of anilines is 1. The Hall–Kier alpha value is -1.57. The lowest BCUT2D eigenvalue weighted by Crippen LogP contribution is -2.21. The van der Waals surface area contributed by atoms with Gasteiger partial charge >= 0.3 is 12.1 Å². The second-order valence-electron chi connectivity index (χ2n) is 2.08. The molecule has 5 nitrogen and oxygen atoms in total. The molecule has 0 fully saturated rings. The normalized spacial score (nSPS) is 10.1. The van der Waals surface area contributed by atoms with Crippen LogP contribution in [0.25, 0.3) is 0 Å². The number of aliphatic carboxylic acids is 1. The van der Waals surface area contributed by atoms with Gasteiger partial charge in [0.25, 0.3) is 0 Å². The number of rotatable bonds is 0. The number of nitrogens with two attached hydrogens (primary N) is 1. The van der Waals surface area contributed by atoms with Crippen molar-refractivity contribution in [3.05, 3.63) is 17.3 Å². The fourth-order valence-electron chi connectivity index (χ4n) is 0.326. The molecule has 0 bridgehead atoms. The molecule has 1 aromatic heterocycles. The van der Waals surface area contributed by atoms with Gasteiger partial charge in [-0.2, -0.15) is 13.2 Å². The lowest BCUT2D eigenvalue weighted by Gasteiger charge is -1.93. The summed E-state index contributed by atoms with van der Waals surface area (Å²) in [5.41, 5.74) is 5.19. The van der Waals surface area contributed by atoms with E-state index in [1.54, 1.807) is 12.1 Å². The molecule has 0 aliphatic rings. The van der Waals surface area contributed by atoms with Crippen molar-refractivity contribution in [2.45, 2.75) is 6.18 Å². The Morgan fingerprint density at radius 1 is 1.40 bits per heavy atom. The molecule has 1 aromatic rings. The van der Waals surface area contributed by atoms with Gasteiger partial charge in [-0.1, -0.05) is 11.6 Å². The standard InChI is InChI=1S/C4H4ClN3.C2HF3O2/c5-3-1-2-4(6)8-7-3;3-2(4,5)1(6)7/h1-2H,(H2,6,8);(H,6,7). The number of carbonyl (C=O) groups is 1. The van der Waals surface area contributed by atoms with Gasteiger partial charge in [-0.25, -0.2) is 4.79 Å². The molecule has 0 saturated carbocycles. The van der Waals surface area contributed by atoms with E-state index in [1.807, 2.05) is 0 Å². The van der Waals surface area contributed by atoms with E-state index in [0.717, 1.165) is 0 Å². The fourth-order valence-corrected chi connectivity index (χ4v) is 0.427. The van der Waals surface area contributed by atoms with Crippen LogP contribution in [0.5, 0.6) is 0 Å². The molecule has 84 valence electrons. The molecular weight excluding hydrogens is 239 g/mol. The smallest absolute Gasteiger partial charge is 0.475 e. The molecule has 0 saturated heterocycles. The summed E-state index contributed by atoms with van der Waals surface area (Å²) in [5.74, 6) is -2.37. The Morgan fingerprint density at radius 2 is 1.87 bits per heavy atom. The predicted molar refractivity (Wildman–Crippen MR) is 45.1 cm³/mol. The zero-order valence-corrected chi connectivity index (χ0v) is 7.75. The van der Waals surface area contributed by atoms with Gasteiger partial charge in [0, 0.05) is 0 Å². The monoisotopic (exact) mass is 243 g/mol. The second-order valence-corrected chi connectivity index (χ2v) is 2.47. The highest BCUT2D eigenvalue weighted by molar-refractivity contribution is 6.29. The van der Waals surface area contributed by atoms with Gasteiger partial charge in [-0.05, 0) is 12.1 Å². The third-order valence-electron chi connectivity index (χ3n) is 0.895. The maximum absolute atomic E-state index is 10.6. The molecule has 0 radical (unpaired) electrons. The maximum Gasteiger partial charge on any atom is 0.490 e. The first kappa shape index (κ1) is 13.4. The lowest BCUT2D eigenvalue weighted by atomic mass is 10.5. The van der Waals surface area contributed by atoms with E-state index in [-0.39, 0.29) is 0 Å². The van der Waals surface area contributed by atoms with Crippen LogP contribution in [0.3, 0.4) is 0 Å². The van der Waals surface area contributed by atoms with Crippen LogP contribution < -0.4 is 5.73 Å². The number of hydrogen-bond donors (Lipinski definition) is 2. The van der Waals surface area contributed by atoms with Crippen molar-refractivity contribution in [1.29, 1.82) is 0 Å². The Labute approximate surface area is 86.7 Å². The number of nitrogens with zero attached hydrogens (tertiary/aromatic N) is 2. The topological polar surface area (TPSA) is 89.1 Å². The molecule has 0 aliphatic heterocycles. The Kier molecular flexibility index (Phi) is 4.79. The minimum absolute atomic E-state index is 0.360. The van der Waals surface area contributed by atoms with Crippen molar-refractivity contribution in [1.82, 2.24) is 10.2 Å². The summed E-state index contributed by atoms with van der Waals surface area (Å²) in [4.78, 5) is 8.90. The van der Waals surface area contributed by atoms with Crippen LogP contribution in [0.4, 0.5) is 19.0 Å². The van der Waals surface area contributed by atoms with Crippen molar-refractivity contribution >= 4 is 23.4 Å². The maximum atomic E-state index is 10.6. The van der Waals surface area contributed by atoms with Crippen LogP contribution in [-0.4, -0.2) is 27.4 Å². The van der Waals surface area contributed by atoms with E-state index in [2.05, 4.69) is 10.2 Å². The third-order valence-corrected chi connectivity index (χ3v) is 1.10. The molecule has 15 heavy (non-hydrogen) atoms. The summed E-state index contributed by atoms with van der Waals surface area (Å²) >= 11 is 5.38. The number of carboxylic acids is 1. The third kappa shape index (κ3) is 6.49. The number of carboxylic acid groups (broad SMARTS) is 1. The van der Waals surface area contributed by atoms with Crippen molar-refractivity contribution in [3.63, 3.8) is 0 Å². The Balaban J connectivity index is 0.000000265. The number of hydrogen-bond acceptors (Lipinski definition) is 4. The van der Waals surface area contributed by atoms with Gasteiger partial charge in [-0.3, -0.25) is 0 Å². The molecule has 1 rings (SSSR count). The molecule has 0 amide bonds. The molecular formula is C6H5ClF3N3O2. The average molecular weight is 244 g/mol. The molecule has 0 atom stereocenters. The lowest BCUT2D eigenvalue weighted by molar-refractivity contribution is -0.192. The number of halogens is 4. The van der Waals surface area contributed by atoms with E-state index in [9.17, 15) is 13.2 Å². The summed E-state index contributed by atoms with van der Waals surface area (Å²) in [7, 11) is 0. The van der Waals surface area contributed by atoms with E-state index in [4.69, 9.17) is 27.2 Å². The zero-order valence-electron chi connectivity index (χ0n) is 6.99. The van der Waals surface area contributed by atoms with Crippen LogP contribution in [0.1, 0.15) is 0 Å². The van der Waals surface area contributed by atoms with Crippen molar-refractivity contribution < 1.29 is 23.1 Å². The second kappa shape index (κ2) is 5.35. The number of aromatic nitrogens is 2. The summed E-state index contributed by atoms with van der Waals surface area (Å²) in [6, 6.07) is 3.18. The zero-order chi connectivity index (χ0) is 12.1. The summed E-state index contributed by atoms with van der Waals surface area (Å²) in [6.07, 6.45) is -5.08. The van der Waals surface area contributed by atoms with Crippen molar-refractivity contribution in [2.24, 2.45) is 0 Å². The van der Waals surface area contributed by atoms with Gasteiger partial charge in [0.2, 0.25) is 0 Å². The van der Waals surface area contributed by atoms with Crippen LogP contribution in [0.15, 0.2) is 12.1 Å². The summed E-state index contributed by atoms with van der Waals surface area (Å²) < 4.78 is 31.7. The van der Waals surface area contributed by atoms with Crippen LogP contribution in [0.2, 0.25) is 5.15 Å². The van der Waals surface area contributed by atoms with Crippen LogP contribution in [0, 0.1) is 0 Å². The molecule has 1 heterocycles. The first-order chi connectivity index (χ1) is 6.73. The molecule has 9 heteroatoms. The van der Waals surface area contributed by atoms with E-state index in [1.165, 1.54) is 0 Å². The minimum Gasteiger partial charge on any atom is -0.475 e. The first-order valence-electron chi connectivity index (χ1n) is 3.28. The highest BCUT2D eigenvalue weighted by Crippen LogP contribution is 2.13.